The molecule has 0 spiro atoms. The quantitative estimate of drug-likeness (QED) is 0.714. The first-order chi connectivity index (χ1) is 7.09. The van der Waals surface area contributed by atoms with Crippen LogP contribution in [-0.4, -0.2) is 63.0 Å². The molecule has 0 unspecified atom stereocenters. The van der Waals surface area contributed by atoms with Crippen LogP contribution in [0, 0.1) is 5.92 Å². The van der Waals surface area contributed by atoms with Crippen LogP contribution in [0.1, 0.15) is 12.8 Å². The van der Waals surface area contributed by atoms with E-state index in [-0.39, 0.29) is 5.91 Å². The Kier molecular flexibility index (Phi) is 5.05. The molecule has 1 aliphatic rings. The lowest BCUT2D eigenvalue weighted by Gasteiger charge is -2.29. The fourth-order valence-electron chi connectivity index (χ4n) is 1.81. The summed E-state index contributed by atoms with van der Waals surface area (Å²) in [6.07, 6.45) is 2.50. The average molecular weight is 213 g/mol. The Labute approximate surface area is 92.6 Å². The van der Waals surface area contributed by atoms with Crippen molar-refractivity contribution < 1.29 is 4.79 Å². The summed E-state index contributed by atoms with van der Waals surface area (Å²) in [6, 6.07) is 0. The third-order valence-electron chi connectivity index (χ3n) is 3.05. The lowest BCUT2D eigenvalue weighted by molar-refractivity contribution is -0.127. The molecular formula is C11H23N3O. The van der Waals surface area contributed by atoms with E-state index < -0.39 is 0 Å². The van der Waals surface area contributed by atoms with Crippen LogP contribution in [0.3, 0.4) is 0 Å². The van der Waals surface area contributed by atoms with Crippen LogP contribution in [0.5, 0.6) is 0 Å². The zero-order chi connectivity index (χ0) is 11.3. The Hall–Kier alpha value is -0.610. The van der Waals surface area contributed by atoms with Crippen molar-refractivity contribution >= 4 is 5.91 Å². The van der Waals surface area contributed by atoms with Gasteiger partial charge in [0.25, 0.3) is 0 Å². The van der Waals surface area contributed by atoms with Gasteiger partial charge in [-0.2, -0.15) is 0 Å². The minimum atomic E-state index is 0.155. The largest absolute Gasteiger partial charge is 0.348 e. The van der Waals surface area contributed by atoms with E-state index in [1.54, 1.807) is 19.0 Å². The van der Waals surface area contributed by atoms with Gasteiger partial charge in [-0.1, -0.05) is 0 Å². The molecule has 4 heteroatoms. The van der Waals surface area contributed by atoms with Crippen molar-refractivity contribution in [2.45, 2.75) is 12.8 Å². The predicted octanol–water partition coefficient (Wildman–Crippen LogP) is 0.00600. The Morgan fingerprint density at radius 2 is 2.00 bits per heavy atom. The first kappa shape index (κ1) is 12.5. The first-order valence-corrected chi connectivity index (χ1v) is 5.69. The summed E-state index contributed by atoms with van der Waals surface area (Å²) in [7, 11) is 5.75. The highest BCUT2D eigenvalue weighted by atomic mass is 16.2. The van der Waals surface area contributed by atoms with Gasteiger partial charge in [-0.3, -0.25) is 4.79 Å². The first-order valence-electron chi connectivity index (χ1n) is 5.69. The molecule has 0 aromatic rings. The van der Waals surface area contributed by atoms with E-state index >= 15 is 0 Å². The fourth-order valence-corrected chi connectivity index (χ4v) is 1.81. The molecule has 1 N–H and O–H groups in total. The number of hydrogen-bond donors (Lipinski definition) is 1. The van der Waals surface area contributed by atoms with E-state index in [0.29, 0.717) is 6.54 Å². The third kappa shape index (κ3) is 4.62. The molecule has 1 rings (SSSR count). The molecule has 0 atom stereocenters. The van der Waals surface area contributed by atoms with E-state index in [1.807, 2.05) is 0 Å². The second-order valence-electron chi connectivity index (χ2n) is 4.67. The van der Waals surface area contributed by atoms with Crippen molar-refractivity contribution in [3.05, 3.63) is 0 Å². The number of nitrogens with one attached hydrogen (secondary N) is 1. The maximum atomic E-state index is 11.3. The highest BCUT2D eigenvalue weighted by molar-refractivity contribution is 5.77. The molecular weight excluding hydrogens is 190 g/mol. The minimum absolute atomic E-state index is 0.155. The number of likely N-dealkylation sites (N-methyl/N-ethyl adjacent to an activating group) is 1. The third-order valence-corrected chi connectivity index (χ3v) is 3.05. The van der Waals surface area contributed by atoms with Crippen molar-refractivity contribution in [2.75, 3.05) is 47.3 Å². The lowest BCUT2D eigenvalue weighted by atomic mass is 9.97. The fraction of sp³-hybridized carbons (Fsp3) is 0.909. The second-order valence-corrected chi connectivity index (χ2v) is 4.67. The Balaban J connectivity index is 2.08. The Bertz CT molecular complexity index is 198. The molecule has 0 saturated carbocycles. The van der Waals surface area contributed by atoms with Crippen LogP contribution in [-0.2, 0) is 4.79 Å². The molecule has 1 aliphatic heterocycles. The standard InChI is InChI=1S/C11H23N3O/c1-13(2)11(15)9-12-8-10-4-6-14(3)7-5-10/h10,12H,4-9H2,1-3H3. The van der Waals surface area contributed by atoms with Crippen LogP contribution in [0.4, 0.5) is 0 Å². The average Bonchev–Trinajstić information content (AvgIpc) is 2.20. The highest BCUT2D eigenvalue weighted by Gasteiger charge is 2.16. The van der Waals surface area contributed by atoms with Gasteiger partial charge in [-0.05, 0) is 45.4 Å². The summed E-state index contributed by atoms with van der Waals surface area (Å²) >= 11 is 0. The summed E-state index contributed by atoms with van der Waals surface area (Å²) in [5.74, 6) is 0.902. The molecule has 1 saturated heterocycles. The van der Waals surface area contributed by atoms with Crippen molar-refractivity contribution in [1.29, 1.82) is 0 Å². The predicted molar refractivity (Wildman–Crippen MR) is 61.8 cm³/mol. The molecule has 0 aromatic heterocycles. The summed E-state index contributed by atoms with van der Waals surface area (Å²) in [6.45, 7) is 3.83. The summed E-state index contributed by atoms with van der Waals surface area (Å²) in [5, 5.41) is 3.24. The minimum Gasteiger partial charge on any atom is -0.348 e. The van der Waals surface area contributed by atoms with Gasteiger partial charge in [0.2, 0.25) is 5.91 Å². The van der Waals surface area contributed by atoms with Gasteiger partial charge in [-0.15, -0.1) is 0 Å². The molecule has 0 radical (unpaired) electrons. The molecule has 88 valence electrons. The van der Waals surface area contributed by atoms with Crippen molar-refractivity contribution in [1.82, 2.24) is 15.1 Å². The lowest BCUT2D eigenvalue weighted by Crippen LogP contribution is -2.38. The van der Waals surface area contributed by atoms with E-state index in [9.17, 15) is 4.79 Å². The number of likely N-dealkylation sites (tertiary alicyclic amines) is 1. The molecule has 0 aromatic carbocycles. The number of rotatable bonds is 4. The number of amides is 1. The Morgan fingerprint density at radius 3 is 2.53 bits per heavy atom. The molecule has 1 amide bonds. The Morgan fingerprint density at radius 1 is 1.40 bits per heavy atom. The van der Waals surface area contributed by atoms with Crippen LogP contribution >= 0.6 is 0 Å². The van der Waals surface area contributed by atoms with Crippen LogP contribution in [0.2, 0.25) is 0 Å². The van der Waals surface area contributed by atoms with Gasteiger partial charge >= 0.3 is 0 Å². The van der Waals surface area contributed by atoms with Crippen LogP contribution in [0.15, 0.2) is 0 Å². The SMILES string of the molecule is CN1CCC(CNCC(=O)N(C)C)CC1. The number of carbonyl (C=O) groups excluding carboxylic acids is 1. The van der Waals surface area contributed by atoms with E-state index in [2.05, 4.69) is 17.3 Å². The molecule has 0 bridgehead atoms. The molecule has 1 fully saturated rings. The highest BCUT2D eigenvalue weighted by Crippen LogP contribution is 2.14. The monoisotopic (exact) mass is 213 g/mol. The molecule has 1 heterocycles. The summed E-state index contributed by atoms with van der Waals surface area (Å²) in [4.78, 5) is 15.3. The van der Waals surface area contributed by atoms with Gasteiger partial charge in [0, 0.05) is 14.1 Å². The van der Waals surface area contributed by atoms with Gasteiger partial charge in [-0.25, -0.2) is 0 Å². The van der Waals surface area contributed by atoms with Gasteiger partial charge < -0.3 is 15.1 Å². The molecule has 4 nitrogen and oxygen atoms in total. The van der Waals surface area contributed by atoms with Crippen molar-refractivity contribution in [3.8, 4) is 0 Å². The van der Waals surface area contributed by atoms with E-state index in [1.165, 1.54) is 25.9 Å². The summed E-state index contributed by atoms with van der Waals surface area (Å²) in [5.41, 5.74) is 0. The van der Waals surface area contributed by atoms with Gasteiger partial charge in [0.05, 0.1) is 6.54 Å². The number of carbonyl (C=O) groups is 1. The van der Waals surface area contributed by atoms with Crippen molar-refractivity contribution in [3.63, 3.8) is 0 Å². The maximum absolute atomic E-state index is 11.3. The maximum Gasteiger partial charge on any atom is 0.236 e. The number of piperidine rings is 1. The zero-order valence-corrected chi connectivity index (χ0v) is 10.1. The second kappa shape index (κ2) is 6.08. The van der Waals surface area contributed by atoms with Gasteiger partial charge in [0.15, 0.2) is 0 Å². The smallest absolute Gasteiger partial charge is 0.236 e. The normalized spacial score (nSPS) is 19.1. The zero-order valence-electron chi connectivity index (χ0n) is 10.1. The van der Waals surface area contributed by atoms with Gasteiger partial charge in [0.1, 0.15) is 0 Å². The topological polar surface area (TPSA) is 35.6 Å². The number of nitrogens with zero attached hydrogens (tertiary/aromatic N) is 2. The van der Waals surface area contributed by atoms with Crippen LogP contribution < -0.4 is 5.32 Å². The van der Waals surface area contributed by atoms with Crippen LogP contribution in [0.25, 0.3) is 0 Å². The molecule has 15 heavy (non-hydrogen) atoms. The van der Waals surface area contributed by atoms with E-state index in [4.69, 9.17) is 0 Å². The molecule has 0 aliphatic carbocycles. The number of hydrogen-bond acceptors (Lipinski definition) is 3. The van der Waals surface area contributed by atoms with E-state index in [0.717, 1.165) is 12.5 Å². The summed E-state index contributed by atoms with van der Waals surface area (Å²) < 4.78 is 0. The van der Waals surface area contributed by atoms with Crippen molar-refractivity contribution in [2.24, 2.45) is 5.92 Å².